The van der Waals surface area contributed by atoms with Crippen LogP contribution in [0.1, 0.15) is 43.6 Å². The lowest BCUT2D eigenvalue weighted by Gasteiger charge is -2.39. The van der Waals surface area contributed by atoms with Gasteiger partial charge in [0.1, 0.15) is 11.9 Å². The van der Waals surface area contributed by atoms with E-state index >= 15 is 0 Å². The zero-order valence-electron chi connectivity index (χ0n) is 17.3. The number of amides is 1. The number of benzene rings is 1. The number of hydrazine groups is 1. The van der Waals surface area contributed by atoms with Crippen LogP contribution >= 0.6 is 0 Å². The molecular weight excluding hydrogens is 364 g/mol. The molecule has 1 atom stereocenters. The molecule has 3 heterocycles. The van der Waals surface area contributed by atoms with Gasteiger partial charge in [-0.3, -0.25) is 4.79 Å². The number of carbonyl (C=O) groups excluding carboxylic acids is 1. The molecule has 1 aromatic heterocycles. The van der Waals surface area contributed by atoms with E-state index in [4.69, 9.17) is 4.98 Å². The van der Waals surface area contributed by atoms with Crippen LogP contribution in [0.3, 0.4) is 0 Å². The number of aromatic nitrogens is 2. The van der Waals surface area contributed by atoms with Gasteiger partial charge in [0, 0.05) is 36.3 Å². The number of nitrogens with one attached hydrogen (secondary N) is 2. The third-order valence-electron chi connectivity index (χ3n) is 6.00. The van der Waals surface area contributed by atoms with E-state index in [0.29, 0.717) is 13.1 Å². The number of hydrogen-bond donors (Lipinski definition) is 2. The molecule has 0 aliphatic carbocycles. The van der Waals surface area contributed by atoms with Crippen molar-refractivity contribution < 1.29 is 4.79 Å². The fourth-order valence-electron chi connectivity index (χ4n) is 4.26. The van der Waals surface area contributed by atoms with Crippen LogP contribution < -0.4 is 5.43 Å². The minimum Gasteiger partial charge on any atom is -0.342 e. The van der Waals surface area contributed by atoms with Crippen molar-refractivity contribution in [3.63, 3.8) is 0 Å². The highest BCUT2D eigenvalue weighted by molar-refractivity contribution is 5.79. The second-order valence-electron chi connectivity index (χ2n) is 8.64. The van der Waals surface area contributed by atoms with Crippen molar-refractivity contribution in [1.29, 1.82) is 5.26 Å². The molecule has 1 saturated heterocycles. The van der Waals surface area contributed by atoms with Crippen LogP contribution in [0.15, 0.2) is 24.3 Å². The topological polar surface area (TPSA) is 88.1 Å². The van der Waals surface area contributed by atoms with Crippen LogP contribution in [0.5, 0.6) is 0 Å². The van der Waals surface area contributed by atoms with Gasteiger partial charge in [-0.25, -0.2) is 15.4 Å². The Balaban J connectivity index is 1.58. The summed E-state index contributed by atoms with van der Waals surface area (Å²) in [5.41, 5.74) is 7.46. The molecular formula is C22H28N6O. The summed E-state index contributed by atoms with van der Waals surface area (Å²) in [6.45, 7) is 7.91. The molecule has 2 N–H and O–H groups in total. The summed E-state index contributed by atoms with van der Waals surface area (Å²) in [5.74, 6) is 0.886. The Kier molecular flexibility index (Phi) is 5.15. The number of likely N-dealkylation sites (tertiary alicyclic amines) is 1. The number of carbonyl (C=O) groups is 1. The average molecular weight is 393 g/mol. The molecule has 2 aromatic rings. The molecule has 7 nitrogen and oxygen atoms in total. The number of fused-ring (bicyclic) bond motifs is 5. The van der Waals surface area contributed by atoms with Crippen LogP contribution in [0.2, 0.25) is 0 Å². The average Bonchev–Trinajstić information content (AvgIpc) is 3.31. The van der Waals surface area contributed by atoms with Crippen LogP contribution in [0.25, 0.3) is 11.4 Å². The molecule has 7 heteroatoms. The molecule has 2 aliphatic heterocycles. The van der Waals surface area contributed by atoms with Gasteiger partial charge in [0.05, 0.1) is 18.3 Å². The fourth-order valence-corrected chi connectivity index (χ4v) is 4.26. The minimum absolute atomic E-state index is 0.0195. The molecule has 29 heavy (non-hydrogen) atoms. The van der Waals surface area contributed by atoms with E-state index in [1.165, 1.54) is 0 Å². The van der Waals surface area contributed by atoms with E-state index in [2.05, 4.69) is 60.5 Å². The largest absolute Gasteiger partial charge is 0.342 e. The Labute approximate surface area is 171 Å². The number of hydrogen-bond acceptors (Lipinski definition) is 5. The van der Waals surface area contributed by atoms with Crippen molar-refractivity contribution in [3.8, 4) is 17.5 Å². The molecule has 1 amide bonds. The number of imidazole rings is 1. The van der Waals surface area contributed by atoms with E-state index in [0.717, 1.165) is 47.6 Å². The van der Waals surface area contributed by atoms with E-state index < -0.39 is 0 Å². The lowest BCUT2D eigenvalue weighted by atomic mass is 9.95. The first-order chi connectivity index (χ1) is 13.9. The predicted molar refractivity (Wildman–Crippen MR) is 110 cm³/mol. The van der Waals surface area contributed by atoms with Gasteiger partial charge in [-0.15, -0.1) is 0 Å². The van der Waals surface area contributed by atoms with E-state index in [9.17, 15) is 10.1 Å². The standard InChI is InChI=1S/C22H28N6O/c1-15-19-11-22(2,3)28(24-13-20(29)27-9-5-8-18(27)12-23)14-16-6-4-7-17(10-16)21(25-15)26-19/h4,6-7,10,18,24H,5,8-9,11,13-14H2,1-3H3,(H,25,26)/t18-/m0/s1. The Hall–Kier alpha value is -2.69. The van der Waals surface area contributed by atoms with Crippen molar-refractivity contribution in [3.05, 3.63) is 41.2 Å². The van der Waals surface area contributed by atoms with Crippen molar-refractivity contribution >= 4 is 5.91 Å². The number of H-pyrrole nitrogens is 1. The van der Waals surface area contributed by atoms with Crippen molar-refractivity contribution in [2.75, 3.05) is 13.1 Å². The summed E-state index contributed by atoms with van der Waals surface area (Å²) in [6.07, 6.45) is 2.42. The fraction of sp³-hybridized carbons (Fsp3) is 0.500. The van der Waals surface area contributed by atoms with Crippen LogP contribution in [0, 0.1) is 18.3 Å². The van der Waals surface area contributed by atoms with Crippen molar-refractivity contribution in [2.24, 2.45) is 0 Å². The molecule has 0 saturated carbocycles. The van der Waals surface area contributed by atoms with Gasteiger partial charge >= 0.3 is 0 Å². The van der Waals surface area contributed by atoms with Gasteiger partial charge in [0.25, 0.3) is 0 Å². The second-order valence-corrected chi connectivity index (χ2v) is 8.64. The van der Waals surface area contributed by atoms with Crippen LogP contribution in [-0.2, 0) is 17.8 Å². The first kappa shape index (κ1) is 19.6. The first-order valence-electron chi connectivity index (χ1n) is 10.2. The summed E-state index contributed by atoms with van der Waals surface area (Å²) >= 11 is 0. The maximum Gasteiger partial charge on any atom is 0.239 e. The quantitative estimate of drug-likeness (QED) is 0.838. The van der Waals surface area contributed by atoms with Gasteiger partial charge in [-0.05, 0) is 45.2 Å². The Bertz CT molecular complexity index is 956. The number of nitrogens with zero attached hydrogens (tertiary/aromatic N) is 4. The molecule has 1 aromatic carbocycles. The van der Waals surface area contributed by atoms with Gasteiger partial charge in [-0.2, -0.15) is 5.26 Å². The number of rotatable bonds is 3. The Morgan fingerprint density at radius 3 is 3.07 bits per heavy atom. The third-order valence-corrected chi connectivity index (χ3v) is 6.00. The summed E-state index contributed by atoms with van der Waals surface area (Å²) < 4.78 is 0. The Morgan fingerprint density at radius 2 is 2.28 bits per heavy atom. The highest BCUT2D eigenvalue weighted by Crippen LogP contribution is 2.28. The number of aryl methyl sites for hydroxylation is 1. The van der Waals surface area contributed by atoms with Crippen molar-refractivity contribution in [1.82, 2.24) is 25.3 Å². The van der Waals surface area contributed by atoms with Gasteiger partial charge in [0.2, 0.25) is 5.91 Å². The van der Waals surface area contributed by atoms with E-state index in [1.54, 1.807) is 4.90 Å². The van der Waals surface area contributed by atoms with E-state index in [1.807, 2.05) is 6.07 Å². The summed E-state index contributed by atoms with van der Waals surface area (Å²) in [4.78, 5) is 22.7. The van der Waals surface area contributed by atoms with Gasteiger partial charge in [0.15, 0.2) is 0 Å². The zero-order valence-corrected chi connectivity index (χ0v) is 17.3. The van der Waals surface area contributed by atoms with Gasteiger partial charge < -0.3 is 9.88 Å². The van der Waals surface area contributed by atoms with E-state index in [-0.39, 0.29) is 24.0 Å². The second kappa shape index (κ2) is 7.62. The molecule has 152 valence electrons. The number of nitriles is 1. The highest BCUT2D eigenvalue weighted by atomic mass is 16.2. The number of aromatic amines is 1. The monoisotopic (exact) mass is 392 g/mol. The lowest BCUT2D eigenvalue weighted by molar-refractivity contribution is -0.131. The maximum atomic E-state index is 12.7. The predicted octanol–water partition coefficient (Wildman–Crippen LogP) is 2.54. The van der Waals surface area contributed by atoms with Crippen LogP contribution in [0.4, 0.5) is 0 Å². The zero-order chi connectivity index (χ0) is 20.6. The van der Waals surface area contributed by atoms with Gasteiger partial charge in [-0.1, -0.05) is 18.2 Å². The SMILES string of the molecule is Cc1[nH]c2nc1CC(C)(C)N(NCC(=O)N1CCC[C@H]1C#N)Cc1cccc-2c1. The van der Waals surface area contributed by atoms with Crippen molar-refractivity contribution in [2.45, 2.75) is 58.2 Å². The summed E-state index contributed by atoms with van der Waals surface area (Å²) in [5, 5.41) is 11.4. The highest BCUT2D eigenvalue weighted by Gasteiger charge is 2.33. The Morgan fingerprint density at radius 1 is 1.45 bits per heavy atom. The molecule has 0 spiro atoms. The summed E-state index contributed by atoms with van der Waals surface area (Å²) in [7, 11) is 0. The smallest absolute Gasteiger partial charge is 0.239 e. The third kappa shape index (κ3) is 3.91. The molecule has 0 radical (unpaired) electrons. The lowest BCUT2D eigenvalue weighted by Crippen LogP contribution is -2.55. The molecule has 2 aliphatic rings. The first-order valence-corrected chi connectivity index (χ1v) is 10.2. The maximum absolute atomic E-state index is 12.7. The molecule has 4 rings (SSSR count). The minimum atomic E-state index is -0.293. The normalized spacial score (nSPS) is 21.0. The molecule has 0 unspecified atom stereocenters. The van der Waals surface area contributed by atoms with Crippen LogP contribution in [-0.4, -0.2) is 50.5 Å². The molecule has 4 bridgehead atoms. The summed E-state index contributed by atoms with van der Waals surface area (Å²) in [6, 6.07) is 10.3. The molecule has 1 fully saturated rings.